The average molecular weight is 209 g/mol. The molecule has 14 heavy (non-hydrogen) atoms. The molecule has 1 nitrogen and oxygen atoms in total. The first-order chi connectivity index (χ1) is 6.79. The Morgan fingerprint density at radius 3 is 2.71 bits per heavy atom. The van der Waals surface area contributed by atoms with Gasteiger partial charge in [0.1, 0.15) is 0 Å². The van der Waals surface area contributed by atoms with Crippen molar-refractivity contribution in [3.05, 3.63) is 29.8 Å². The van der Waals surface area contributed by atoms with E-state index in [9.17, 15) is 0 Å². The molecule has 0 aliphatic heterocycles. The van der Waals surface area contributed by atoms with Gasteiger partial charge in [-0.1, -0.05) is 25.1 Å². The summed E-state index contributed by atoms with van der Waals surface area (Å²) in [5.74, 6) is 0. The van der Waals surface area contributed by atoms with Crippen LogP contribution in [0.4, 0.5) is 0 Å². The molecule has 0 aliphatic carbocycles. The zero-order valence-electron chi connectivity index (χ0n) is 9.21. The summed E-state index contributed by atoms with van der Waals surface area (Å²) in [6.07, 6.45) is 3.32. The van der Waals surface area contributed by atoms with E-state index < -0.39 is 0 Å². The maximum Gasteiger partial charge on any atom is 0.0302 e. The van der Waals surface area contributed by atoms with Crippen molar-refractivity contribution in [1.29, 1.82) is 0 Å². The number of hydrogen-bond donors (Lipinski definition) is 1. The summed E-state index contributed by atoms with van der Waals surface area (Å²) >= 11 is 1.82. The number of nitrogens with one attached hydrogen (secondary N) is 1. The Balaban J connectivity index is 2.72. The number of rotatable bonds is 5. The van der Waals surface area contributed by atoms with Crippen LogP contribution >= 0.6 is 11.8 Å². The summed E-state index contributed by atoms with van der Waals surface area (Å²) in [5.41, 5.74) is 1.41. The van der Waals surface area contributed by atoms with Crippen LogP contribution in [0, 0.1) is 0 Å². The molecule has 0 heterocycles. The van der Waals surface area contributed by atoms with Crippen LogP contribution in [0.2, 0.25) is 0 Å². The topological polar surface area (TPSA) is 12.0 Å². The Morgan fingerprint density at radius 1 is 1.36 bits per heavy atom. The second-order valence-electron chi connectivity index (χ2n) is 3.42. The van der Waals surface area contributed by atoms with Crippen LogP contribution in [0.15, 0.2) is 29.2 Å². The van der Waals surface area contributed by atoms with Crippen molar-refractivity contribution in [3.8, 4) is 0 Å². The first-order valence-corrected chi connectivity index (χ1v) is 6.38. The first-order valence-electron chi connectivity index (χ1n) is 5.16. The third-order valence-corrected chi connectivity index (χ3v) is 3.12. The summed E-state index contributed by atoms with van der Waals surface area (Å²) in [7, 11) is 0. The van der Waals surface area contributed by atoms with Crippen molar-refractivity contribution >= 4 is 11.8 Å². The Hall–Kier alpha value is -0.470. The minimum Gasteiger partial charge on any atom is -0.310 e. The van der Waals surface area contributed by atoms with Crippen LogP contribution in [0.25, 0.3) is 0 Å². The van der Waals surface area contributed by atoms with Gasteiger partial charge < -0.3 is 5.32 Å². The number of benzene rings is 1. The lowest BCUT2D eigenvalue weighted by Gasteiger charge is -2.16. The highest BCUT2D eigenvalue weighted by Gasteiger charge is 2.07. The molecular formula is C12H19NS. The van der Waals surface area contributed by atoms with E-state index in [0.717, 1.165) is 6.54 Å². The van der Waals surface area contributed by atoms with Crippen molar-refractivity contribution < 1.29 is 0 Å². The molecule has 0 aliphatic rings. The number of thioether (sulfide) groups is 1. The standard InChI is InChI=1S/C12H19NS/c1-4-9-13-10(2)11-7-5-6-8-12(11)14-3/h5-8,10,13H,4,9H2,1-3H3. The fourth-order valence-corrected chi connectivity index (χ4v) is 2.19. The maximum atomic E-state index is 3.51. The molecule has 1 aromatic rings. The SMILES string of the molecule is CCCNC(C)c1ccccc1SC. The fourth-order valence-electron chi connectivity index (χ4n) is 1.49. The van der Waals surface area contributed by atoms with Crippen molar-refractivity contribution in [2.45, 2.75) is 31.2 Å². The normalized spacial score (nSPS) is 12.8. The van der Waals surface area contributed by atoms with Gasteiger partial charge in [-0.25, -0.2) is 0 Å². The lowest BCUT2D eigenvalue weighted by Crippen LogP contribution is -2.19. The molecule has 1 unspecified atom stereocenters. The van der Waals surface area contributed by atoms with Crippen LogP contribution in [0.1, 0.15) is 31.9 Å². The molecule has 1 atom stereocenters. The molecular weight excluding hydrogens is 190 g/mol. The van der Waals surface area contributed by atoms with E-state index in [4.69, 9.17) is 0 Å². The van der Waals surface area contributed by atoms with Crippen LogP contribution in [0.5, 0.6) is 0 Å². The van der Waals surface area contributed by atoms with Crippen molar-refractivity contribution in [3.63, 3.8) is 0 Å². The molecule has 1 rings (SSSR count). The van der Waals surface area contributed by atoms with E-state index in [1.165, 1.54) is 16.9 Å². The van der Waals surface area contributed by atoms with Crippen LogP contribution < -0.4 is 5.32 Å². The van der Waals surface area contributed by atoms with Gasteiger partial charge in [-0.05, 0) is 37.8 Å². The van der Waals surface area contributed by atoms with E-state index in [1.807, 2.05) is 11.8 Å². The van der Waals surface area contributed by atoms with Gasteiger partial charge in [-0.3, -0.25) is 0 Å². The first kappa shape index (κ1) is 11.6. The van der Waals surface area contributed by atoms with E-state index in [0.29, 0.717) is 6.04 Å². The molecule has 0 fully saturated rings. The highest BCUT2D eigenvalue weighted by Crippen LogP contribution is 2.25. The Bertz CT molecular complexity index is 273. The van der Waals surface area contributed by atoms with Crippen molar-refractivity contribution in [2.75, 3.05) is 12.8 Å². The fraction of sp³-hybridized carbons (Fsp3) is 0.500. The lowest BCUT2D eigenvalue weighted by atomic mass is 10.1. The van der Waals surface area contributed by atoms with Gasteiger partial charge in [0.2, 0.25) is 0 Å². The Labute approximate surface area is 91.3 Å². The molecule has 0 bridgehead atoms. The molecule has 0 aromatic heterocycles. The second-order valence-corrected chi connectivity index (χ2v) is 4.27. The largest absolute Gasteiger partial charge is 0.310 e. The molecule has 0 amide bonds. The molecule has 2 heteroatoms. The Morgan fingerprint density at radius 2 is 2.07 bits per heavy atom. The predicted molar refractivity (Wildman–Crippen MR) is 64.9 cm³/mol. The van der Waals surface area contributed by atoms with Crippen LogP contribution in [-0.2, 0) is 0 Å². The van der Waals surface area contributed by atoms with Gasteiger partial charge in [0.15, 0.2) is 0 Å². The van der Waals surface area contributed by atoms with Gasteiger partial charge in [0, 0.05) is 10.9 Å². The van der Waals surface area contributed by atoms with Gasteiger partial charge in [0.05, 0.1) is 0 Å². The second kappa shape index (κ2) is 6.10. The Kier molecular flexibility index (Phi) is 5.05. The van der Waals surface area contributed by atoms with Crippen molar-refractivity contribution in [1.82, 2.24) is 5.32 Å². The molecule has 0 radical (unpaired) electrons. The van der Waals surface area contributed by atoms with Crippen LogP contribution in [0.3, 0.4) is 0 Å². The minimum absolute atomic E-state index is 0.457. The maximum absolute atomic E-state index is 3.51. The molecule has 1 aromatic carbocycles. The molecule has 1 N–H and O–H groups in total. The molecule has 78 valence electrons. The zero-order valence-corrected chi connectivity index (χ0v) is 10.0. The number of hydrogen-bond acceptors (Lipinski definition) is 2. The molecule has 0 saturated heterocycles. The van der Waals surface area contributed by atoms with Gasteiger partial charge >= 0.3 is 0 Å². The summed E-state index contributed by atoms with van der Waals surface area (Å²) in [4.78, 5) is 1.38. The van der Waals surface area contributed by atoms with Crippen molar-refractivity contribution in [2.24, 2.45) is 0 Å². The third kappa shape index (κ3) is 3.03. The summed E-state index contributed by atoms with van der Waals surface area (Å²) in [6, 6.07) is 9.06. The van der Waals surface area contributed by atoms with Gasteiger partial charge in [-0.2, -0.15) is 0 Å². The quantitative estimate of drug-likeness (QED) is 0.745. The van der Waals surface area contributed by atoms with E-state index in [-0.39, 0.29) is 0 Å². The highest BCUT2D eigenvalue weighted by atomic mass is 32.2. The third-order valence-electron chi connectivity index (χ3n) is 2.31. The van der Waals surface area contributed by atoms with E-state index >= 15 is 0 Å². The summed E-state index contributed by atoms with van der Waals surface area (Å²) in [6.45, 7) is 5.51. The molecule has 0 saturated carbocycles. The monoisotopic (exact) mass is 209 g/mol. The van der Waals surface area contributed by atoms with Crippen LogP contribution in [-0.4, -0.2) is 12.8 Å². The molecule has 0 spiro atoms. The summed E-state index contributed by atoms with van der Waals surface area (Å²) < 4.78 is 0. The lowest BCUT2D eigenvalue weighted by molar-refractivity contribution is 0.564. The zero-order chi connectivity index (χ0) is 10.4. The minimum atomic E-state index is 0.457. The van der Waals surface area contributed by atoms with Gasteiger partial charge in [-0.15, -0.1) is 11.8 Å². The predicted octanol–water partition coefficient (Wildman–Crippen LogP) is 3.47. The smallest absolute Gasteiger partial charge is 0.0302 e. The van der Waals surface area contributed by atoms with E-state index in [2.05, 4.69) is 49.7 Å². The van der Waals surface area contributed by atoms with Gasteiger partial charge in [0.25, 0.3) is 0 Å². The summed E-state index contributed by atoms with van der Waals surface area (Å²) in [5, 5.41) is 3.51. The average Bonchev–Trinajstić information content (AvgIpc) is 2.25. The highest BCUT2D eigenvalue weighted by molar-refractivity contribution is 7.98. The van der Waals surface area contributed by atoms with E-state index in [1.54, 1.807) is 0 Å².